The van der Waals surface area contributed by atoms with Crippen molar-refractivity contribution in [3.8, 4) is 0 Å². The first-order chi connectivity index (χ1) is 11.6. The van der Waals surface area contributed by atoms with E-state index in [1.165, 1.54) is 25.7 Å². The largest absolute Gasteiger partial charge is 0.371 e. The van der Waals surface area contributed by atoms with Gasteiger partial charge in [0.1, 0.15) is 18.5 Å². The molecule has 2 aliphatic rings. The molecule has 6 nitrogen and oxygen atoms in total. The van der Waals surface area contributed by atoms with E-state index in [1.807, 2.05) is 29.6 Å². The van der Waals surface area contributed by atoms with E-state index in [4.69, 9.17) is 9.47 Å². The van der Waals surface area contributed by atoms with Crippen LogP contribution in [0.2, 0.25) is 0 Å². The zero-order chi connectivity index (χ0) is 17.0. The molecule has 1 aliphatic heterocycles. The highest BCUT2D eigenvalue weighted by molar-refractivity contribution is 5.77. The van der Waals surface area contributed by atoms with Crippen molar-refractivity contribution in [3.05, 3.63) is 18.2 Å². The van der Waals surface area contributed by atoms with Gasteiger partial charge in [-0.3, -0.25) is 4.79 Å². The number of rotatable bonds is 4. The van der Waals surface area contributed by atoms with E-state index < -0.39 is 0 Å². The van der Waals surface area contributed by atoms with Gasteiger partial charge in [-0.1, -0.05) is 25.7 Å². The van der Waals surface area contributed by atoms with Crippen molar-refractivity contribution in [1.82, 2.24) is 14.5 Å². The van der Waals surface area contributed by atoms with Crippen LogP contribution in [0.25, 0.3) is 0 Å². The maximum absolute atomic E-state index is 12.6. The Hall–Kier alpha value is -1.40. The second-order valence-corrected chi connectivity index (χ2v) is 7.11. The van der Waals surface area contributed by atoms with Gasteiger partial charge in [-0.15, -0.1) is 0 Å². The third-order valence-corrected chi connectivity index (χ3v) is 5.29. The maximum Gasteiger partial charge on any atom is 0.248 e. The standard InChI is InChI=1S/C18H29N3O3/c1-15(17-19-9-10-20(17)2)23-13-16(22)21-11-12-24-18(14-21)7-5-3-4-6-8-18/h9-10,15H,3-8,11-14H2,1-2H3. The lowest BCUT2D eigenvalue weighted by molar-refractivity contribution is -0.158. The number of hydrogen-bond donors (Lipinski definition) is 0. The highest BCUT2D eigenvalue weighted by Gasteiger charge is 2.38. The molecule has 0 N–H and O–H groups in total. The lowest BCUT2D eigenvalue weighted by Crippen LogP contribution is -2.54. The molecule has 0 aromatic carbocycles. The Morgan fingerprint density at radius 1 is 1.38 bits per heavy atom. The number of carbonyl (C=O) groups is 1. The molecular weight excluding hydrogens is 306 g/mol. The summed E-state index contributed by atoms with van der Waals surface area (Å²) in [7, 11) is 1.93. The molecule has 3 rings (SSSR count). The van der Waals surface area contributed by atoms with Crippen LogP contribution in [-0.2, 0) is 21.3 Å². The fourth-order valence-corrected chi connectivity index (χ4v) is 3.86. The van der Waals surface area contributed by atoms with Gasteiger partial charge in [0.2, 0.25) is 5.91 Å². The quantitative estimate of drug-likeness (QED) is 0.848. The third-order valence-electron chi connectivity index (χ3n) is 5.29. The smallest absolute Gasteiger partial charge is 0.248 e. The molecule has 2 heterocycles. The van der Waals surface area contributed by atoms with E-state index in [1.54, 1.807) is 6.20 Å². The fraction of sp³-hybridized carbons (Fsp3) is 0.778. The Morgan fingerprint density at radius 3 is 2.79 bits per heavy atom. The van der Waals surface area contributed by atoms with E-state index in [0.717, 1.165) is 18.7 Å². The van der Waals surface area contributed by atoms with Gasteiger partial charge >= 0.3 is 0 Å². The highest BCUT2D eigenvalue weighted by Crippen LogP contribution is 2.33. The summed E-state index contributed by atoms with van der Waals surface area (Å²) in [5.74, 6) is 0.896. The van der Waals surface area contributed by atoms with Crippen LogP contribution < -0.4 is 0 Å². The van der Waals surface area contributed by atoms with Crippen LogP contribution in [0.1, 0.15) is 57.4 Å². The van der Waals surface area contributed by atoms with Crippen LogP contribution in [0, 0.1) is 0 Å². The van der Waals surface area contributed by atoms with Crippen molar-refractivity contribution in [3.63, 3.8) is 0 Å². The van der Waals surface area contributed by atoms with Gasteiger partial charge in [0, 0.05) is 32.5 Å². The summed E-state index contributed by atoms with van der Waals surface area (Å²) >= 11 is 0. The number of imidazole rings is 1. The van der Waals surface area contributed by atoms with Crippen molar-refractivity contribution in [2.45, 2.75) is 57.2 Å². The molecule has 1 atom stereocenters. The first kappa shape index (κ1) is 17.4. The van der Waals surface area contributed by atoms with E-state index >= 15 is 0 Å². The van der Waals surface area contributed by atoms with Gasteiger partial charge in [-0.25, -0.2) is 4.98 Å². The van der Waals surface area contributed by atoms with Crippen molar-refractivity contribution in [2.75, 3.05) is 26.3 Å². The summed E-state index contributed by atoms with van der Waals surface area (Å²) in [6.45, 7) is 4.05. The first-order valence-electron chi connectivity index (χ1n) is 9.10. The number of aromatic nitrogens is 2. The highest BCUT2D eigenvalue weighted by atomic mass is 16.5. The summed E-state index contributed by atoms with van der Waals surface area (Å²) in [5, 5.41) is 0. The minimum Gasteiger partial charge on any atom is -0.371 e. The average molecular weight is 335 g/mol. The maximum atomic E-state index is 12.6. The predicted molar refractivity (Wildman–Crippen MR) is 90.5 cm³/mol. The molecule has 1 spiro atoms. The van der Waals surface area contributed by atoms with Crippen LogP contribution in [0.3, 0.4) is 0 Å². The van der Waals surface area contributed by atoms with Gasteiger partial charge in [0.25, 0.3) is 0 Å². The second kappa shape index (κ2) is 7.66. The topological polar surface area (TPSA) is 56.6 Å². The van der Waals surface area contributed by atoms with Crippen molar-refractivity contribution < 1.29 is 14.3 Å². The van der Waals surface area contributed by atoms with E-state index in [2.05, 4.69) is 4.98 Å². The number of nitrogens with zero attached hydrogens (tertiary/aromatic N) is 3. The van der Waals surface area contributed by atoms with Crippen LogP contribution in [0.15, 0.2) is 12.4 Å². The normalized spacial score (nSPS) is 22.3. The molecule has 1 amide bonds. The molecule has 2 fully saturated rings. The molecule has 1 saturated carbocycles. The number of amides is 1. The molecular formula is C18H29N3O3. The Kier molecular flexibility index (Phi) is 5.56. The summed E-state index contributed by atoms with van der Waals surface area (Å²) < 4.78 is 13.8. The number of morpholine rings is 1. The number of carbonyl (C=O) groups excluding carboxylic acids is 1. The number of ether oxygens (including phenoxy) is 2. The lowest BCUT2D eigenvalue weighted by Gasteiger charge is -2.42. The summed E-state index contributed by atoms with van der Waals surface area (Å²) in [5.41, 5.74) is -0.115. The van der Waals surface area contributed by atoms with Crippen molar-refractivity contribution in [1.29, 1.82) is 0 Å². The SMILES string of the molecule is CC(OCC(=O)N1CCOC2(CCCCCC2)C1)c1nccn1C. The summed E-state index contributed by atoms with van der Waals surface area (Å²) in [6.07, 6.45) is 10.5. The molecule has 1 aromatic rings. The Bertz CT molecular complexity index is 549. The first-order valence-corrected chi connectivity index (χ1v) is 9.10. The third kappa shape index (κ3) is 3.98. The molecule has 0 bridgehead atoms. The Balaban J connectivity index is 1.53. The summed E-state index contributed by atoms with van der Waals surface area (Å²) in [6, 6.07) is 0. The molecule has 6 heteroatoms. The molecule has 24 heavy (non-hydrogen) atoms. The Labute approximate surface area is 144 Å². The van der Waals surface area contributed by atoms with E-state index in [9.17, 15) is 4.79 Å². The monoisotopic (exact) mass is 335 g/mol. The zero-order valence-electron chi connectivity index (χ0n) is 14.9. The van der Waals surface area contributed by atoms with Crippen LogP contribution in [0.5, 0.6) is 0 Å². The van der Waals surface area contributed by atoms with Gasteiger partial charge < -0.3 is 18.9 Å². The molecule has 1 aliphatic carbocycles. The molecule has 0 radical (unpaired) electrons. The lowest BCUT2D eigenvalue weighted by atomic mass is 9.92. The van der Waals surface area contributed by atoms with E-state index in [0.29, 0.717) is 19.7 Å². The van der Waals surface area contributed by atoms with Gasteiger partial charge in [-0.2, -0.15) is 0 Å². The number of aryl methyl sites for hydroxylation is 1. The zero-order valence-corrected chi connectivity index (χ0v) is 14.9. The van der Waals surface area contributed by atoms with Gasteiger partial charge in [0.15, 0.2) is 0 Å². The minimum absolute atomic E-state index is 0.0583. The minimum atomic E-state index is -0.193. The predicted octanol–water partition coefficient (Wildman–Crippen LogP) is 2.45. The Morgan fingerprint density at radius 2 is 2.12 bits per heavy atom. The van der Waals surface area contributed by atoms with Crippen LogP contribution >= 0.6 is 0 Å². The second-order valence-electron chi connectivity index (χ2n) is 7.11. The van der Waals surface area contributed by atoms with E-state index in [-0.39, 0.29) is 24.2 Å². The molecule has 1 saturated heterocycles. The fourth-order valence-electron chi connectivity index (χ4n) is 3.86. The van der Waals surface area contributed by atoms with Gasteiger partial charge in [0.05, 0.1) is 12.2 Å². The van der Waals surface area contributed by atoms with Crippen molar-refractivity contribution in [2.24, 2.45) is 7.05 Å². The molecule has 1 aromatic heterocycles. The van der Waals surface area contributed by atoms with Crippen LogP contribution in [0.4, 0.5) is 0 Å². The summed E-state index contributed by atoms with van der Waals surface area (Å²) in [4.78, 5) is 18.8. The average Bonchev–Trinajstić information content (AvgIpc) is 2.89. The molecule has 134 valence electrons. The van der Waals surface area contributed by atoms with Crippen LogP contribution in [-0.4, -0.2) is 52.3 Å². The van der Waals surface area contributed by atoms with Gasteiger partial charge in [-0.05, 0) is 19.8 Å². The van der Waals surface area contributed by atoms with Crippen molar-refractivity contribution >= 4 is 5.91 Å². The molecule has 1 unspecified atom stereocenters. The number of hydrogen-bond acceptors (Lipinski definition) is 4.